The summed E-state index contributed by atoms with van der Waals surface area (Å²) < 4.78 is 5.22. The van der Waals surface area contributed by atoms with Gasteiger partial charge in [-0.25, -0.2) is 4.79 Å². The third-order valence-electron chi connectivity index (χ3n) is 2.83. The molecule has 6 heteroatoms. The van der Waals surface area contributed by atoms with Gasteiger partial charge in [0, 0.05) is 32.7 Å². The monoisotopic (exact) mass is 274 g/mol. The average molecular weight is 274 g/mol. The highest BCUT2D eigenvalue weighted by atomic mass is 16.5. The Balaban J connectivity index is 3.88. The number of likely N-dealkylation sites (N-methyl/N-ethyl adjacent to an activating group) is 1. The molecule has 6 nitrogen and oxygen atoms in total. The highest BCUT2D eigenvalue weighted by molar-refractivity contribution is 5.74. The molecule has 19 heavy (non-hydrogen) atoms. The van der Waals surface area contributed by atoms with E-state index >= 15 is 0 Å². The molecule has 2 amide bonds. The lowest BCUT2D eigenvalue weighted by Crippen LogP contribution is -2.43. The lowest BCUT2D eigenvalue weighted by molar-refractivity contribution is -0.137. The normalized spacial score (nSPS) is 11.9. The van der Waals surface area contributed by atoms with Crippen LogP contribution in [0.2, 0.25) is 0 Å². The zero-order valence-corrected chi connectivity index (χ0v) is 12.1. The van der Waals surface area contributed by atoms with Gasteiger partial charge in [-0.2, -0.15) is 0 Å². The molecule has 0 aromatic heterocycles. The molecule has 0 spiro atoms. The molecule has 0 rings (SSSR count). The van der Waals surface area contributed by atoms with Crippen molar-refractivity contribution in [2.75, 3.05) is 32.8 Å². The van der Waals surface area contributed by atoms with Gasteiger partial charge in [0.05, 0.1) is 6.61 Å². The summed E-state index contributed by atoms with van der Waals surface area (Å²) in [5.74, 6) is -0.643. The van der Waals surface area contributed by atoms with E-state index in [0.29, 0.717) is 39.3 Å². The number of amides is 2. The van der Waals surface area contributed by atoms with Gasteiger partial charge >= 0.3 is 12.0 Å². The van der Waals surface area contributed by atoms with Crippen LogP contribution in [0.4, 0.5) is 4.79 Å². The third-order valence-corrected chi connectivity index (χ3v) is 2.83. The zero-order valence-electron chi connectivity index (χ0n) is 12.1. The van der Waals surface area contributed by atoms with Gasteiger partial charge in [0.15, 0.2) is 0 Å². The van der Waals surface area contributed by atoms with Crippen molar-refractivity contribution in [2.45, 2.75) is 33.6 Å². The second-order valence-corrected chi connectivity index (χ2v) is 4.50. The number of carboxylic acid groups (broad SMARTS) is 1. The number of rotatable bonds is 10. The summed E-state index contributed by atoms with van der Waals surface area (Å²) in [6, 6.07) is -0.121. The third kappa shape index (κ3) is 9.30. The molecule has 0 aromatic rings. The van der Waals surface area contributed by atoms with Crippen LogP contribution in [0.3, 0.4) is 0 Å². The molecule has 1 unspecified atom stereocenters. The van der Waals surface area contributed by atoms with E-state index in [1.807, 2.05) is 20.8 Å². The van der Waals surface area contributed by atoms with Crippen LogP contribution in [0.1, 0.15) is 33.6 Å². The molecule has 2 N–H and O–H groups in total. The molecule has 0 aliphatic heterocycles. The number of ether oxygens (including phenoxy) is 1. The lowest BCUT2D eigenvalue weighted by Gasteiger charge is -2.22. The van der Waals surface area contributed by atoms with Crippen LogP contribution in [-0.4, -0.2) is 54.9 Å². The van der Waals surface area contributed by atoms with Gasteiger partial charge < -0.3 is 20.1 Å². The quantitative estimate of drug-likeness (QED) is 0.592. The van der Waals surface area contributed by atoms with Crippen molar-refractivity contribution >= 4 is 12.0 Å². The first kappa shape index (κ1) is 17.7. The van der Waals surface area contributed by atoms with Gasteiger partial charge in [-0.15, -0.1) is 0 Å². The Labute approximate surface area is 115 Å². The van der Waals surface area contributed by atoms with E-state index in [1.54, 1.807) is 4.90 Å². The second-order valence-electron chi connectivity index (χ2n) is 4.50. The molecule has 0 aromatic carbocycles. The van der Waals surface area contributed by atoms with Crippen molar-refractivity contribution in [3.63, 3.8) is 0 Å². The number of aliphatic carboxylic acids is 1. The molecular formula is C13H26N2O4. The standard InChI is InChI=1S/C13H26N2O4/c1-4-15(8-9-19-5-2)13(18)14-10-11(3)6-7-12(16)17/h11H,4-10H2,1-3H3,(H,14,18)(H,16,17). The maximum absolute atomic E-state index is 11.9. The molecule has 0 fully saturated rings. The molecule has 112 valence electrons. The maximum atomic E-state index is 11.9. The first-order valence-corrected chi connectivity index (χ1v) is 6.83. The number of nitrogens with zero attached hydrogens (tertiary/aromatic N) is 1. The van der Waals surface area contributed by atoms with Crippen LogP contribution in [-0.2, 0) is 9.53 Å². The molecule has 0 radical (unpaired) electrons. The summed E-state index contributed by atoms with van der Waals surface area (Å²) in [7, 11) is 0. The predicted molar refractivity (Wildman–Crippen MR) is 73.2 cm³/mol. The molecule has 0 saturated heterocycles. The van der Waals surface area contributed by atoms with Crippen molar-refractivity contribution in [1.82, 2.24) is 10.2 Å². The number of nitrogens with one attached hydrogen (secondary N) is 1. The van der Waals surface area contributed by atoms with Crippen molar-refractivity contribution in [3.8, 4) is 0 Å². The van der Waals surface area contributed by atoms with Crippen molar-refractivity contribution in [3.05, 3.63) is 0 Å². The maximum Gasteiger partial charge on any atom is 0.317 e. The van der Waals surface area contributed by atoms with Crippen LogP contribution >= 0.6 is 0 Å². The number of hydrogen-bond acceptors (Lipinski definition) is 3. The Morgan fingerprint density at radius 2 is 2.05 bits per heavy atom. The van der Waals surface area contributed by atoms with E-state index < -0.39 is 5.97 Å². The molecule has 0 bridgehead atoms. The highest BCUT2D eigenvalue weighted by Gasteiger charge is 2.12. The van der Waals surface area contributed by atoms with Gasteiger partial charge in [-0.1, -0.05) is 6.92 Å². The van der Waals surface area contributed by atoms with Crippen molar-refractivity contribution in [2.24, 2.45) is 5.92 Å². The molecular weight excluding hydrogens is 248 g/mol. The lowest BCUT2D eigenvalue weighted by atomic mass is 10.1. The van der Waals surface area contributed by atoms with E-state index in [2.05, 4.69) is 5.32 Å². The average Bonchev–Trinajstić information content (AvgIpc) is 2.38. The van der Waals surface area contributed by atoms with Gasteiger partial charge in [0.2, 0.25) is 0 Å². The first-order valence-electron chi connectivity index (χ1n) is 6.83. The zero-order chi connectivity index (χ0) is 14.7. The summed E-state index contributed by atoms with van der Waals surface area (Å²) in [6.07, 6.45) is 0.708. The number of hydrogen-bond donors (Lipinski definition) is 2. The molecule has 0 heterocycles. The van der Waals surface area contributed by atoms with Gasteiger partial charge in [-0.05, 0) is 26.2 Å². The molecule has 0 saturated carbocycles. The smallest absolute Gasteiger partial charge is 0.317 e. The number of urea groups is 1. The van der Waals surface area contributed by atoms with E-state index in [0.717, 1.165) is 0 Å². The van der Waals surface area contributed by atoms with Crippen molar-refractivity contribution < 1.29 is 19.4 Å². The van der Waals surface area contributed by atoms with Crippen LogP contribution in [0.5, 0.6) is 0 Å². The summed E-state index contributed by atoms with van der Waals surface area (Å²) >= 11 is 0. The minimum absolute atomic E-state index is 0.121. The fourth-order valence-electron chi connectivity index (χ4n) is 1.57. The molecule has 0 aliphatic carbocycles. The van der Waals surface area contributed by atoms with Gasteiger partial charge in [0.1, 0.15) is 0 Å². The fourth-order valence-corrected chi connectivity index (χ4v) is 1.57. The minimum Gasteiger partial charge on any atom is -0.481 e. The SMILES string of the molecule is CCOCCN(CC)C(=O)NCC(C)CCC(=O)O. The van der Waals surface area contributed by atoms with Gasteiger partial charge in [0.25, 0.3) is 0 Å². The Morgan fingerprint density at radius 1 is 1.37 bits per heavy atom. The van der Waals surface area contributed by atoms with E-state index in [9.17, 15) is 9.59 Å². The van der Waals surface area contributed by atoms with Crippen LogP contribution in [0, 0.1) is 5.92 Å². The predicted octanol–water partition coefficient (Wildman–Crippen LogP) is 1.56. The van der Waals surface area contributed by atoms with E-state index in [1.165, 1.54) is 0 Å². The summed E-state index contributed by atoms with van der Waals surface area (Å²) in [4.78, 5) is 24.0. The summed E-state index contributed by atoms with van der Waals surface area (Å²) in [5.41, 5.74) is 0. The first-order chi connectivity index (χ1) is 9.01. The number of carbonyl (C=O) groups is 2. The minimum atomic E-state index is -0.801. The number of carbonyl (C=O) groups excluding carboxylic acids is 1. The van der Waals surface area contributed by atoms with Crippen LogP contribution in [0.25, 0.3) is 0 Å². The summed E-state index contributed by atoms with van der Waals surface area (Å²) in [6.45, 7) is 8.64. The largest absolute Gasteiger partial charge is 0.481 e. The Hall–Kier alpha value is -1.30. The number of carboxylic acids is 1. The molecule has 0 aliphatic rings. The van der Waals surface area contributed by atoms with Crippen molar-refractivity contribution in [1.29, 1.82) is 0 Å². The van der Waals surface area contributed by atoms with Gasteiger partial charge in [-0.3, -0.25) is 4.79 Å². The summed E-state index contributed by atoms with van der Waals surface area (Å²) in [5, 5.41) is 11.4. The Kier molecular flexibility index (Phi) is 9.88. The van der Waals surface area contributed by atoms with E-state index in [-0.39, 0.29) is 18.4 Å². The highest BCUT2D eigenvalue weighted by Crippen LogP contribution is 2.04. The second kappa shape index (κ2) is 10.6. The fraction of sp³-hybridized carbons (Fsp3) is 0.846. The van der Waals surface area contributed by atoms with Crippen LogP contribution < -0.4 is 5.32 Å². The van der Waals surface area contributed by atoms with E-state index in [4.69, 9.17) is 9.84 Å². The topological polar surface area (TPSA) is 78.9 Å². The molecule has 1 atom stereocenters. The van der Waals surface area contributed by atoms with Crippen LogP contribution in [0.15, 0.2) is 0 Å². The Morgan fingerprint density at radius 3 is 2.58 bits per heavy atom. The Bertz CT molecular complexity index is 271.